The van der Waals surface area contributed by atoms with Crippen LogP contribution < -0.4 is 10.1 Å². The average molecular weight is 418 g/mol. The molecule has 1 amide bonds. The molecule has 0 bridgehead atoms. The number of amides is 1. The molecule has 148 valence electrons. The molecular formula is C19H23N5O2S2. The maximum atomic E-state index is 12.3. The van der Waals surface area contributed by atoms with Gasteiger partial charge in [-0.25, -0.2) is 4.98 Å². The maximum Gasteiger partial charge on any atom is 0.239 e. The van der Waals surface area contributed by atoms with Crippen LogP contribution in [0.5, 0.6) is 5.75 Å². The zero-order valence-electron chi connectivity index (χ0n) is 16.3. The second kappa shape index (κ2) is 9.20. The lowest BCUT2D eigenvalue weighted by Crippen LogP contribution is -2.23. The quantitative estimate of drug-likeness (QED) is 0.557. The van der Waals surface area contributed by atoms with Crippen molar-refractivity contribution < 1.29 is 9.53 Å². The number of hydrogen-bond donors (Lipinski definition) is 1. The second-order valence-corrected chi connectivity index (χ2v) is 8.49. The number of ether oxygens (including phenoxy) is 1. The summed E-state index contributed by atoms with van der Waals surface area (Å²) < 4.78 is 7.91. The Labute approximate surface area is 172 Å². The molecule has 3 rings (SSSR count). The Morgan fingerprint density at radius 1 is 1.36 bits per heavy atom. The molecule has 7 nitrogen and oxygen atoms in total. The minimum absolute atomic E-state index is 0.112. The van der Waals surface area contributed by atoms with Crippen LogP contribution in [-0.4, -0.2) is 30.9 Å². The third kappa shape index (κ3) is 4.90. The number of hydrogen-bond acceptors (Lipinski definition) is 7. The molecule has 9 heteroatoms. The van der Waals surface area contributed by atoms with Crippen LogP contribution in [0.1, 0.15) is 30.8 Å². The highest BCUT2D eigenvalue weighted by atomic mass is 32.2. The summed E-state index contributed by atoms with van der Waals surface area (Å²) in [5.74, 6) is 1.46. The van der Waals surface area contributed by atoms with Crippen LogP contribution in [0.15, 0.2) is 34.9 Å². The molecule has 0 aliphatic heterocycles. The molecule has 1 N–H and O–H groups in total. The van der Waals surface area contributed by atoms with E-state index in [1.54, 1.807) is 6.20 Å². The van der Waals surface area contributed by atoms with Gasteiger partial charge >= 0.3 is 0 Å². The number of anilines is 1. The molecule has 1 aromatic carbocycles. The van der Waals surface area contributed by atoms with Crippen LogP contribution in [0.25, 0.3) is 0 Å². The third-order valence-corrected chi connectivity index (χ3v) is 5.88. The number of thiazole rings is 1. The predicted molar refractivity (Wildman–Crippen MR) is 112 cm³/mol. The number of aromatic nitrogens is 4. The number of benzene rings is 1. The lowest BCUT2D eigenvalue weighted by molar-refractivity contribution is -0.115. The standard InChI is InChI=1S/C19H23N5O2S2/c1-5-24-16(11-26-15-7-6-12(2)10-13(15)3)22-23-19(24)28-14(4)17(25)21-18-20-8-9-27-18/h6-10,14H,5,11H2,1-4H3,(H,20,21,25). The molecule has 0 fully saturated rings. The van der Waals surface area contributed by atoms with Gasteiger partial charge in [0.2, 0.25) is 5.91 Å². The summed E-state index contributed by atoms with van der Waals surface area (Å²) in [5, 5.41) is 14.1. The van der Waals surface area contributed by atoms with Gasteiger partial charge in [-0.1, -0.05) is 29.5 Å². The molecule has 2 aromatic heterocycles. The predicted octanol–water partition coefficient (Wildman–Crippen LogP) is 4.07. The molecule has 0 saturated heterocycles. The van der Waals surface area contributed by atoms with E-state index in [1.165, 1.54) is 28.7 Å². The van der Waals surface area contributed by atoms with Crippen molar-refractivity contribution in [2.24, 2.45) is 0 Å². The largest absolute Gasteiger partial charge is 0.485 e. The van der Waals surface area contributed by atoms with E-state index in [4.69, 9.17) is 4.74 Å². The van der Waals surface area contributed by atoms with Gasteiger partial charge in [0.15, 0.2) is 16.1 Å². The summed E-state index contributed by atoms with van der Waals surface area (Å²) in [7, 11) is 0. The van der Waals surface area contributed by atoms with Crippen molar-refractivity contribution in [2.75, 3.05) is 5.32 Å². The highest BCUT2D eigenvalue weighted by Gasteiger charge is 2.20. The average Bonchev–Trinajstić information content (AvgIpc) is 3.30. The molecule has 0 saturated carbocycles. The zero-order chi connectivity index (χ0) is 20.1. The summed E-state index contributed by atoms with van der Waals surface area (Å²) in [5.41, 5.74) is 2.29. The highest BCUT2D eigenvalue weighted by Crippen LogP contribution is 2.25. The molecule has 0 aliphatic carbocycles. The Balaban J connectivity index is 1.65. The maximum absolute atomic E-state index is 12.3. The van der Waals surface area contributed by atoms with Gasteiger partial charge in [0.25, 0.3) is 0 Å². The van der Waals surface area contributed by atoms with Gasteiger partial charge < -0.3 is 14.6 Å². The van der Waals surface area contributed by atoms with Crippen LogP contribution in [0.2, 0.25) is 0 Å². The Morgan fingerprint density at radius 3 is 2.86 bits per heavy atom. The fourth-order valence-electron chi connectivity index (χ4n) is 2.64. The van der Waals surface area contributed by atoms with Crippen molar-refractivity contribution in [3.63, 3.8) is 0 Å². The summed E-state index contributed by atoms with van der Waals surface area (Å²) in [6.07, 6.45) is 1.66. The van der Waals surface area contributed by atoms with Gasteiger partial charge in [0.1, 0.15) is 12.4 Å². The molecule has 0 radical (unpaired) electrons. The van der Waals surface area contributed by atoms with Crippen molar-refractivity contribution in [3.05, 3.63) is 46.7 Å². The van der Waals surface area contributed by atoms with E-state index < -0.39 is 0 Å². The van der Waals surface area contributed by atoms with E-state index in [1.807, 2.05) is 42.9 Å². The van der Waals surface area contributed by atoms with Gasteiger partial charge in [-0.3, -0.25) is 4.79 Å². The van der Waals surface area contributed by atoms with Crippen LogP contribution in [-0.2, 0) is 17.9 Å². The van der Waals surface area contributed by atoms with E-state index in [-0.39, 0.29) is 11.2 Å². The van der Waals surface area contributed by atoms with Crippen LogP contribution in [0.3, 0.4) is 0 Å². The number of carbonyl (C=O) groups is 1. The summed E-state index contributed by atoms with van der Waals surface area (Å²) in [4.78, 5) is 16.4. The number of rotatable bonds is 8. The monoisotopic (exact) mass is 417 g/mol. The first kappa shape index (κ1) is 20.3. The SMILES string of the molecule is CCn1c(COc2ccc(C)cc2C)nnc1SC(C)C(=O)Nc1nccs1. The highest BCUT2D eigenvalue weighted by molar-refractivity contribution is 8.00. The first-order valence-electron chi connectivity index (χ1n) is 8.97. The number of carbonyl (C=O) groups excluding carboxylic acids is 1. The van der Waals surface area contributed by atoms with Crippen molar-refractivity contribution in [1.29, 1.82) is 0 Å². The topological polar surface area (TPSA) is 81.9 Å². The lowest BCUT2D eigenvalue weighted by Gasteiger charge is -2.13. The zero-order valence-corrected chi connectivity index (χ0v) is 17.9. The van der Waals surface area contributed by atoms with Gasteiger partial charge in [-0.2, -0.15) is 0 Å². The van der Waals surface area contributed by atoms with Crippen molar-refractivity contribution >= 4 is 34.1 Å². The fourth-order valence-corrected chi connectivity index (χ4v) is 4.10. The smallest absolute Gasteiger partial charge is 0.239 e. The van der Waals surface area contributed by atoms with Crippen LogP contribution >= 0.6 is 23.1 Å². The first-order chi connectivity index (χ1) is 13.5. The number of nitrogens with one attached hydrogen (secondary N) is 1. The van der Waals surface area contributed by atoms with Crippen molar-refractivity contribution in [1.82, 2.24) is 19.7 Å². The molecular weight excluding hydrogens is 394 g/mol. The Morgan fingerprint density at radius 2 is 2.18 bits per heavy atom. The number of thioether (sulfide) groups is 1. The summed E-state index contributed by atoms with van der Waals surface area (Å²) in [6, 6.07) is 6.08. The molecule has 1 atom stereocenters. The number of nitrogens with zero attached hydrogens (tertiary/aromatic N) is 4. The van der Waals surface area contributed by atoms with E-state index in [2.05, 4.69) is 33.5 Å². The Hall–Kier alpha value is -2.39. The molecule has 0 spiro atoms. The van der Waals surface area contributed by atoms with E-state index in [0.29, 0.717) is 23.4 Å². The van der Waals surface area contributed by atoms with Crippen LogP contribution in [0.4, 0.5) is 5.13 Å². The number of aryl methyl sites for hydroxylation is 2. The van der Waals surface area contributed by atoms with E-state index >= 15 is 0 Å². The second-order valence-electron chi connectivity index (χ2n) is 6.29. The van der Waals surface area contributed by atoms with Gasteiger partial charge in [0.05, 0.1) is 5.25 Å². The normalized spacial score (nSPS) is 12.0. The minimum atomic E-state index is -0.327. The molecule has 2 heterocycles. The van der Waals surface area contributed by atoms with Crippen LogP contribution in [0, 0.1) is 13.8 Å². The Bertz CT molecular complexity index is 940. The Kier molecular flexibility index (Phi) is 6.69. The first-order valence-corrected chi connectivity index (χ1v) is 10.7. The molecule has 3 aromatic rings. The van der Waals surface area contributed by atoms with E-state index in [9.17, 15) is 4.79 Å². The summed E-state index contributed by atoms with van der Waals surface area (Å²) >= 11 is 2.76. The van der Waals surface area contributed by atoms with Gasteiger partial charge in [-0.15, -0.1) is 21.5 Å². The minimum Gasteiger partial charge on any atom is -0.485 e. The molecule has 28 heavy (non-hydrogen) atoms. The summed E-state index contributed by atoms with van der Waals surface area (Å²) in [6.45, 7) is 8.96. The molecule has 0 aliphatic rings. The van der Waals surface area contributed by atoms with Crippen molar-refractivity contribution in [3.8, 4) is 5.75 Å². The third-order valence-electron chi connectivity index (χ3n) is 4.11. The van der Waals surface area contributed by atoms with Gasteiger partial charge in [-0.05, 0) is 39.3 Å². The van der Waals surface area contributed by atoms with Gasteiger partial charge in [0, 0.05) is 18.1 Å². The molecule has 1 unspecified atom stereocenters. The van der Waals surface area contributed by atoms with E-state index in [0.717, 1.165) is 17.1 Å². The van der Waals surface area contributed by atoms with Crippen molar-refractivity contribution in [2.45, 2.75) is 51.3 Å². The fraction of sp³-hybridized carbons (Fsp3) is 0.368. The lowest BCUT2D eigenvalue weighted by atomic mass is 10.1.